The van der Waals surface area contributed by atoms with Crippen LogP contribution in [0.1, 0.15) is 84.9 Å². The van der Waals surface area contributed by atoms with Crippen LogP contribution in [-0.4, -0.2) is 142 Å². The third-order valence-corrected chi connectivity index (χ3v) is 15.8. The molecule has 5 atom stereocenters. The second-order valence-electron chi connectivity index (χ2n) is 20.6. The average Bonchev–Trinajstić information content (AvgIpc) is 3.97. The van der Waals surface area contributed by atoms with Crippen LogP contribution in [0.3, 0.4) is 0 Å². The molecule has 0 bridgehead atoms. The Morgan fingerprint density at radius 3 is 2.29 bits per heavy atom. The van der Waals surface area contributed by atoms with Crippen LogP contribution in [0.25, 0.3) is 21.8 Å². The number of sulfone groups is 1. The molecule has 20 heteroatoms. The number of likely N-dealkylation sites (N-methyl/N-ethyl adjacent to an activating group) is 1. The summed E-state index contributed by atoms with van der Waals surface area (Å²) < 4.78 is 70.2. The molecule has 3 aromatic carbocycles. The maximum absolute atomic E-state index is 14.4. The predicted octanol–water partition coefficient (Wildman–Crippen LogP) is 6.31. The van der Waals surface area contributed by atoms with Crippen LogP contribution in [0.2, 0.25) is 0 Å². The number of carbonyl (C=O) groups is 3. The fraction of sp³-hybridized carbons (Fsp3) is 0.528. The van der Waals surface area contributed by atoms with Gasteiger partial charge in [0, 0.05) is 36.0 Å². The number of fused-ring (bicyclic) bond motifs is 3. The minimum Gasteiger partial charge on any atom is -0.490 e. The molecular formula is C53H71FN8O10S. The van der Waals surface area contributed by atoms with Crippen molar-refractivity contribution in [2.45, 2.75) is 114 Å². The second kappa shape index (κ2) is 24.1. The number of nitrogens with zero attached hydrogens (tertiary/aromatic N) is 3. The van der Waals surface area contributed by atoms with E-state index in [-0.39, 0.29) is 80.6 Å². The van der Waals surface area contributed by atoms with E-state index in [1.165, 1.54) is 23.8 Å². The number of aromatic amines is 1. The maximum atomic E-state index is 14.4. The number of ether oxygens (including phenoxy) is 5. The first-order valence-corrected chi connectivity index (χ1v) is 26.5. The molecule has 5 aromatic rings. The zero-order valence-corrected chi connectivity index (χ0v) is 44.0. The molecule has 0 radical (unpaired) electrons. The molecule has 73 heavy (non-hydrogen) atoms. The van der Waals surface area contributed by atoms with Gasteiger partial charge >= 0.3 is 0 Å². The third-order valence-electron chi connectivity index (χ3n) is 13.3. The quantitative estimate of drug-likeness (QED) is 0.0453. The number of pyridine rings is 1. The van der Waals surface area contributed by atoms with Crippen LogP contribution in [0.5, 0.6) is 5.75 Å². The number of nitrogens with one attached hydrogen (secondary N) is 5. The van der Waals surface area contributed by atoms with Crippen LogP contribution in [0, 0.1) is 11.2 Å². The number of hydrogen-bond acceptors (Lipinski definition) is 14. The van der Waals surface area contributed by atoms with Gasteiger partial charge < -0.3 is 49.9 Å². The first-order chi connectivity index (χ1) is 34.8. The first kappa shape index (κ1) is 55.0. The molecule has 3 amide bonds. The smallest absolute Gasteiger partial charge is 0.246 e. The van der Waals surface area contributed by atoms with E-state index in [4.69, 9.17) is 23.7 Å². The van der Waals surface area contributed by atoms with Gasteiger partial charge in [0.25, 0.3) is 0 Å². The Kier molecular flexibility index (Phi) is 18.1. The molecule has 1 unspecified atom stereocenters. The van der Waals surface area contributed by atoms with E-state index in [0.717, 1.165) is 24.8 Å². The highest BCUT2D eigenvalue weighted by molar-refractivity contribution is 7.92. The molecule has 2 aromatic heterocycles. The fourth-order valence-electron chi connectivity index (χ4n) is 8.95. The van der Waals surface area contributed by atoms with Crippen LogP contribution in [0.15, 0.2) is 71.8 Å². The molecule has 18 nitrogen and oxygen atoms in total. The number of hydrogen-bond donors (Lipinski definition) is 5. The Bertz CT molecular complexity index is 2830. The Morgan fingerprint density at radius 2 is 1.59 bits per heavy atom. The number of aryl methyl sites for hydroxylation is 1. The van der Waals surface area contributed by atoms with Crippen LogP contribution >= 0.6 is 0 Å². The number of aromatic nitrogens is 3. The Labute approximate surface area is 427 Å². The van der Waals surface area contributed by atoms with Crippen molar-refractivity contribution in [1.29, 1.82) is 0 Å². The van der Waals surface area contributed by atoms with Gasteiger partial charge in [-0.25, -0.2) is 12.8 Å². The summed E-state index contributed by atoms with van der Waals surface area (Å²) in [5.74, 6) is -0.797. The summed E-state index contributed by atoms with van der Waals surface area (Å²) in [6, 6.07) is 14.9. The molecule has 1 fully saturated rings. The lowest BCUT2D eigenvalue weighted by molar-refractivity contribution is -0.144. The molecule has 7 rings (SSSR count). The molecule has 0 spiro atoms. The third kappa shape index (κ3) is 13.5. The van der Waals surface area contributed by atoms with Gasteiger partial charge in [0.1, 0.15) is 35.2 Å². The van der Waals surface area contributed by atoms with Gasteiger partial charge in [-0.15, -0.1) is 0 Å². The molecule has 1 aliphatic carbocycles. The molecule has 5 N–H and O–H groups in total. The summed E-state index contributed by atoms with van der Waals surface area (Å²) in [7, 11) is -2.22. The molecule has 3 heterocycles. The van der Waals surface area contributed by atoms with Gasteiger partial charge in [0.2, 0.25) is 17.7 Å². The number of rotatable bonds is 23. The number of anilines is 2. The van der Waals surface area contributed by atoms with E-state index in [9.17, 15) is 27.2 Å². The van der Waals surface area contributed by atoms with Gasteiger partial charge in [0.05, 0.1) is 85.9 Å². The SMILES string of the molecule is CN[C@@H](C)C(=O)NC(C(=O)N1C[C@@H](OCCOCCOCCOCCOc2cc3nccc(Nc4n[nH]c5ccc(F)cc45)c3cc2S(=O)(=O)C(C)(C)C)C[C@H]1C(=O)N[C@H]1CCCc2ccccc21)C(C)(C)C. The monoisotopic (exact) mass is 1030 g/mol. The summed E-state index contributed by atoms with van der Waals surface area (Å²) >= 11 is 0. The lowest BCUT2D eigenvalue weighted by atomic mass is 9.85. The van der Waals surface area contributed by atoms with Crippen molar-refractivity contribution >= 4 is 60.9 Å². The van der Waals surface area contributed by atoms with Gasteiger partial charge in [-0.05, 0) is 101 Å². The van der Waals surface area contributed by atoms with Crippen LogP contribution in [-0.2, 0) is 49.6 Å². The van der Waals surface area contributed by atoms with Gasteiger partial charge in [-0.2, -0.15) is 5.10 Å². The number of amides is 3. The summed E-state index contributed by atoms with van der Waals surface area (Å²) in [5, 5.41) is 20.5. The van der Waals surface area contributed by atoms with E-state index >= 15 is 0 Å². The van der Waals surface area contributed by atoms with Crippen LogP contribution in [0.4, 0.5) is 15.9 Å². The van der Waals surface area contributed by atoms with Gasteiger partial charge in [0.15, 0.2) is 15.7 Å². The zero-order chi connectivity index (χ0) is 52.5. The largest absolute Gasteiger partial charge is 0.490 e. The number of H-pyrrole nitrogens is 1. The second-order valence-corrected chi connectivity index (χ2v) is 23.2. The van der Waals surface area contributed by atoms with E-state index in [1.807, 2.05) is 39.0 Å². The van der Waals surface area contributed by atoms with Gasteiger partial charge in [-0.1, -0.05) is 45.0 Å². The average molecular weight is 1030 g/mol. The molecule has 0 saturated carbocycles. The maximum Gasteiger partial charge on any atom is 0.246 e. The zero-order valence-electron chi connectivity index (χ0n) is 43.1. The Hall–Kier alpha value is -5.77. The van der Waals surface area contributed by atoms with Crippen molar-refractivity contribution in [3.63, 3.8) is 0 Å². The van der Waals surface area contributed by atoms with E-state index in [0.29, 0.717) is 52.9 Å². The number of carbonyl (C=O) groups excluding carboxylic acids is 3. The first-order valence-electron chi connectivity index (χ1n) is 25.0. The molecule has 2 aliphatic rings. The minimum absolute atomic E-state index is 0.00435. The van der Waals surface area contributed by atoms with E-state index in [1.54, 1.807) is 64.0 Å². The molecule has 1 saturated heterocycles. The standard InChI is InChI=1S/C53H71FN8O10S/c1-33(55-8)49(63)59-47(52(2,3)4)51(65)62-32-36(29-44(62)50(64)58-40-15-11-13-34-12-9-10-14-37(34)40)71-26-24-69-22-20-68-21-23-70-25-27-72-45-31-43-38(30-46(45)73(66,67)53(5,6)7)41(18-19-56-43)57-48-39-28-35(54)16-17-42(39)60-61-48/h9-10,12,14,16-19,28,30-31,33,36,40,44,47,55H,11,13,15,20-27,29,32H2,1-8H3,(H,58,64)(H,59,63)(H2,56,57,60,61)/t33-,36-,40-,44-,47?/m0/s1. The van der Waals surface area contributed by atoms with Crippen molar-refractivity contribution in [1.82, 2.24) is 36.0 Å². The lowest BCUT2D eigenvalue weighted by Gasteiger charge is -2.36. The van der Waals surface area contributed by atoms with Gasteiger partial charge in [-0.3, -0.25) is 24.5 Å². The summed E-state index contributed by atoms with van der Waals surface area (Å²) in [6.07, 6.45) is 4.14. The van der Waals surface area contributed by atoms with E-state index in [2.05, 4.69) is 42.5 Å². The summed E-state index contributed by atoms with van der Waals surface area (Å²) in [5.41, 5.74) is 3.30. The number of benzene rings is 3. The molecule has 396 valence electrons. The molecular weight excluding hydrogens is 960 g/mol. The van der Waals surface area contributed by atoms with Crippen molar-refractivity contribution in [3.8, 4) is 5.75 Å². The van der Waals surface area contributed by atoms with Crippen molar-refractivity contribution < 1.29 is 50.9 Å². The predicted molar refractivity (Wildman–Crippen MR) is 276 cm³/mol. The van der Waals surface area contributed by atoms with Crippen LogP contribution < -0.4 is 26.0 Å². The molecule has 1 aliphatic heterocycles. The van der Waals surface area contributed by atoms with Crippen molar-refractivity contribution in [3.05, 3.63) is 83.8 Å². The normalized spacial score (nSPS) is 18.1. The van der Waals surface area contributed by atoms with Crippen molar-refractivity contribution in [2.24, 2.45) is 5.41 Å². The number of likely N-dealkylation sites (tertiary alicyclic amines) is 1. The lowest BCUT2D eigenvalue weighted by Crippen LogP contribution is -2.59. The Balaban J connectivity index is 0.859. The minimum atomic E-state index is -3.90. The summed E-state index contributed by atoms with van der Waals surface area (Å²) in [4.78, 5) is 47.6. The highest BCUT2D eigenvalue weighted by Crippen LogP contribution is 2.38. The topological polar surface area (TPSA) is 224 Å². The van der Waals surface area contributed by atoms with Crippen molar-refractivity contribution in [2.75, 3.05) is 71.8 Å². The fourth-order valence-corrected chi connectivity index (χ4v) is 10.3. The number of halogens is 1. The Morgan fingerprint density at radius 1 is 0.890 bits per heavy atom. The highest BCUT2D eigenvalue weighted by atomic mass is 32.2. The summed E-state index contributed by atoms with van der Waals surface area (Å²) in [6.45, 7) is 14.3. The van der Waals surface area contributed by atoms with E-state index < -0.39 is 50.0 Å². The highest BCUT2D eigenvalue weighted by Gasteiger charge is 2.46.